The molecule has 0 saturated heterocycles. The number of carboxylic acids is 1. The summed E-state index contributed by atoms with van der Waals surface area (Å²) in [6.45, 7) is 1.94. The molecule has 1 unspecified atom stereocenters. The van der Waals surface area contributed by atoms with Crippen molar-refractivity contribution in [1.82, 2.24) is 19.9 Å². The van der Waals surface area contributed by atoms with E-state index in [9.17, 15) is 14.7 Å². The standard InChI is InChI=1S/C26H26N4O5/c31-25(32)12-21-18-4-3-17-7-8-30(16-20(17)11-18)26(33)22-14-29-24(15-27-22)35-10-2-1-9-34-23-6-5-19(21)13-28-23/h3-6,11,13-15,21H,1-2,7-10,12,16H2,(H,31,32). The summed E-state index contributed by atoms with van der Waals surface area (Å²) in [4.78, 5) is 39.4. The van der Waals surface area contributed by atoms with Crippen molar-refractivity contribution >= 4 is 11.9 Å². The normalized spacial score (nSPS) is 18.0. The van der Waals surface area contributed by atoms with Gasteiger partial charge < -0.3 is 19.5 Å². The second-order valence-electron chi connectivity index (χ2n) is 8.73. The Morgan fingerprint density at radius 2 is 1.71 bits per heavy atom. The van der Waals surface area contributed by atoms with Crippen molar-refractivity contribution in [2.45, 2.75) is 38.1 Å². The quantitative estimate of drug-likeness (QED) is 0.602. The van der Waals surface area contributed by atoms with Gasteiger partial charge in [0.15, 0.2) is 0 Å². The van der Waals surface area contributed by atoms with E-state index in [4.69, 9.17) is 9.47 Å². The van der Waals surface area contributed by atoms with Crippen LogP contribution in [0, 0.1) is 0 Å². The van der Waals surface area contributed by atoms with E-state index < -0.39 is 5.97 Å². The van der Waals surface area contributed by atoms with Gasteiger partial charge in [-0.1, -0.05) is 24.3 Å². The predicted octanol–water partition coefficient (Wildman–Crippen LogP) is 3.23. The van der Waals surface area contributed by atoms with Gasteiger partial charge in [-0.05, 0) is 41.5 Å². The number of ether oxygens (including phenoxy) is 2. The number of carbonyl (C=O) groups is 2. The third-order valence-corrected chi connectivity index (χ3v) is 6.36. The number of benzene rings is 1. The monoisotopic (exact) mass is 474 g/mol. The van der Waals surface area contributed by atoms with Crippen LogP contribution in [-0.4, -0.2) is 56.6 Å². The molecule has 35 heavy (non-hydrogen) atoms. The third kappa shape index (κ3) is 5.24. The number of amides is 1. The van der Waals surface area contributed by atoms with Gasteiger partial charge in [-0.15, -0.1) is 0 Å². The number of rotatable bonds is 2. The maximum absolute atomic E-state index is 13.1. The van der Waals surface area contributed by atoms with Gasteiger partial charge in [-0.2, -0.15) is 0 Å². The molecule has 0 saturated carbocycles. The van der Waals surface area contributed by atoms with Gasteiger partial charge in [-0.25, -0.2) is 15.0 Å². The van der Waals surface area contributed by atoms with Gasteiger partial charge in [0.1, 0.15) is 5.69 Å². The van der Waals surface area contributed by atoms with E-state index in [0.717, 1.165) is 35.1 Å². The van der Waals surface area contributed by atoms with Gasteiger partial charge >= 0.3 is 5.97 Å². The zero-order chi connectivity index (χ0) is 24.2. The van der Waals surface area contributed by atoms with Gasteiger partial charge in [0.05, 0.1) is 32.0 Å². The van der Waals surface area contributed by atoms with Gasteiger partial charge in [0.25, 0.3) is 5.91 Å². The van der Waals surface area contributed by atoms with E-state index in [1.807, 2.05) is 24.3 Å². The molecule has 8 rings (SSSR count). The van der Waals surface area contributed by atoms with Crippen molar-refractivity contribution in [3.05, 3.63) is 76.9 Å². The van der Waals surface area contributed by atoms with Crippen molar-refractivity contribution < 1.29 is 24.2 Å². The van der Waals surface area contributed by atoms with Crippen molar-refractivity contribution in [2.24, 2.45) is 0 Å². The summed E-state index contributed by atoms with van der Waals surface area (Å²) in [5.74, 6) is -0.570. The first-order chi connectivity index (χ1) is 17.1. The highest BCUT2D eigenvalue weighted by Crippen LogP contribution is 2.32. The highest BCUT2D eigenvalue weighted by atomic mass is 16.5. The summed E-state index contributed by atoms with van der Waals surface area (Å²) in [5.41, 5.74) is 4.11. The van der Waals surface area contributed by atoms with E-state index in [1.54, 1.807) is 17.2 Å². The first-order valence-electron chi connectivity index (χ1n) is 11.7. The fourth-order valence-corrected chi connectivity index (χ4v) is 4.47. The van der Waals surface area contributed by atoms with Crippen LogP contribution in [0.5, 0.6) is 11.8 Å². The summed E-state index contributed by atoms with van der Waals surface area (Å²) in [7, 11) is 0. The van der Waals surface area contributed by atoms with Crippen molar-refractivity contribution in [2.75, 3.05) is 19.8 Å². The zero-order valence-electron chi connectivity index (χ0n) is 19.2. The molecule has 5 aliphatic rings. The Kier molecular flexibility index (Phi) is 6.56. The second kappa shape index (κ2) is 10.1. The number of hydrogen-bond donors (Lipinski definition) is 1. The number of pyridine rings is 1. The molecule has 0 fully saturated rings. The molecular weight excluding hydrogens is 448 g/mol. The van der Waals surface area contributed by atoms with Gasteiger partial charge in [-0.3, -0.25) is 9.59 Å². The molecule has 2 aromatic heterocycles. The molecule has 3 aromatic rings. The Morgan fingerprint density at radius 1 is 0.943 bits per heavy atom. The predicted molar refractivity (Wildman–Crippen MR) is 125 cm³/mol. The maximum atomic E-state index is 13.1. The molecule has 180 valence electrons. The smallest absolute Gasteiger partial charge is 0.304 e. The Labute approximate surface area is 202 Å². The Bertz CT molecular complexity index is 1210. The lowest BCUT2D eigenvalue weighted by Gasteiger charge is -2.29. The molecule has 0 aliphatic carbocycles. The maximum Gasteiger partial charge on any atom is 0.304 e. The summed E-state index contributed by atoms with van der Waals surface area (Å²) in [6, 6.07) is 9.68. The minimum atomic E-state index is -0.889. The third-order valence-electron chi connectivity index (χ3n) is 6.36. The molecular formula is C26H26N4O5. The molecule has 1 amide bonds. The number of carbonyl (C=O) groups excluding carboxylic acids is 1. The molecule has 1 N–H and O–H groups in total. The molecule has 7 bridgehead atoms. The van der Waals surface area contributed by atoms with Crippen LogP contribution < -0.4 is 9.47 Å². The fourth-order valence-electron chi connectivity index (χ4n) is 4.47. The molecule has 1 atom stereocenters. The number of aliphatic carboxylic acids is 1. The van der Waals surface area contributed by atoms with Crippen LogP contribution in [-0.2, 0) is 17.8 Å². The summed E-state index contributed by atoms with van der Waals surface area (Å²) in [5, 5.41) is 9.59. The Hall–Kier alpha value is -4.01. The number of carboxylic acid groups (broad SMARTS) is 1. The van der Waals surface area contributed by atoms with E-state index >= 15 is 0 Å². The highest BCUT2D eigenvalue weighted by molar-refractivity contribution is 5.92. The second-order valence-corrected chi connectivity index (χ2v) is 8.73. The minimum absolute atomic E-state index is 0.0642. The SMILES string of the molecule is O=C(O)CC1c2ccc(nc2)OCCCCOc2cnc(cn2)C(=O)N2CCc3ccc1cc3C2. The molecule has 0 spiro atoms. The van der Waals surface area contributed by atoms with Crippen LogP contribution in [0.25, 0.3) is 0 Å². The fraction of sp³-hybridized carbons (Fsp3) is 0.346. The first kappa shape index (κ1) is 22.8. The Morgan fingerprint density at radius 3 is 2.43 bits per heavy atom. The van der Waals surface area contributed by atoms with Crippen LogP contribution in [0.3, 0.4) is 0 Å². The summed E-state index contributed by atoms with van der Waals surface area (Å²) in [6.07, 6.45) is 6.78. The lowest BCUT2D eigenvalue weighted by Crippen LogP contribution is -2.36. The summed E-state index contributed by atoms with van der Waals surface area (Å²) < 4.78 is 11.4. The van der Waals surface area contributed by atoms with Crippen LogP contribution in [0.15, 0.2) is 48.9 Å². The number of aromatic nitrogens is 3. The molecule has 9 nitrogen and oxygen atoms in total. The highest BCUT2D eigenvalue weighted by Gasteiger charge is 2.25. The topological polar surface area (TPSA) is 115 Å². The average molecular weight is 475 g/mol. The number of nitrogens with zero attached hydrogens (tertiary/aromatic N) is 4. The lowest BCUT2D eigenvalue weighted by molar-refractivity contribution is -0.137. The van der Waals surface area contributed by atoms with E-state index in [-0.39, 0.29) is 23.9 Å². The van der Waals surface area contributed by atoms with Crippen molar-refractivity contribution in [3.8, 4) is 11.8 Å². The van der Waals surface area contributed by atoms with Crippen LogP contribution >= 0.6 is 0 Å². The Balaban J connectivity index is 1.49. The largest absolute Gasteiger partial charge is 0.481 e. The van der Waals surface area contributed by atoms with Crippen LogP contribution in [0.1, 0.15) is 57.9 Å². The zero-order valence-corrected chi connectivity index (χ0v) is 19.2. The van der Waals surface area contributed by atoms with Crippen LogP contribution in [0.4, 0.5) is 0 Å². The summed E-state index contributed by atoms with van der Waals surface area (Å²) >= 11 is 0. The van der Waals surface area contributed by atoms with Crippen LogP contribution in [0.2, 0.25) is 0 Å². The lowest BCUT2D eigenvalue weighted by atomic mass is 9.86. The van der Waals surface area contributed by atoms with Gasteiger partial charge in [0.2, 0.25) is 11.8 Å². The molecule has 7 heterocycles. The molecule has 5 aliphatic heterocycles. The molecule has 0 radical (unpaired) electrons. The first-order valence-corrected chi connectivity index (χ1v) is 11.7. The van der Waals surface area contributed by atoms with Gasteiger partial charge in [0, 0.05) is 31.3 Å². The van der Waals surface area contributed by atoms with Crippen molar-refractivity contribution in [1.29, 1.82) is 0 Å². The molecule has 1 aromatic carbocycles. The van der Waals surface area contributed by atoms with Crippen molar-refractivity contribution in [3.63, 3.8) is 0 Å². The molecule has 9 heteroatoms. The van der Waals surface area contributed by atoms with E-state index in [0.29, 0.717) is 44.5 Å². The van der Waals surface area contributed by atoms with E-state index in [1.165, 1.54) is 12.4 Å². The van der Waals surface area contributed by atoms with E-state index in [2.05, 4.69) is 15.0 Å². The average Bonchev–Trinajstić information content (AvgIpc) is 2.88. The minimum Gasteiger partial charge on any atom is -0.481 e. The number of hydrogen-bond acceptors (Lipinski definition) is 7.